The maximum absolute atomic E-state index is 12.9. The summed E-state index contributed by atoms with van der Waals surface area (Å²) in [6.07, 6.45) is 6.17. The first kappa shape index (κ1) is 20.1. The van der Waals surface area contributed by atoms with Crippen molar-refractivity contribution in [2.75, 3.05) is 39.8 Å². The van der Waals surface area contributed by atoms with Crippen LogP contribution in [-0.4, -0.2) is 71.2 Å². The summed E-state index contributed by atoms with van der Waals surface area (Å²) in [6.45, 7) is 7.18. The predicted molar refractivity (Wildman–Crippen MR) is 116 cm³/mol. The smallest absolute Gasteiger partial charge is 0.269 e. The zero-order valence-electron chi connectivity index (χ0n) is 17.7. The monoisotopic (exact) mass is 395 g/mol. The predicted octanol–water partition coefficient (Wildman–Crippen LogP) is 3.07. The van der Waals surface area contributed by atoms with Gasteiger partial charge in [0.1, 0.15) is 5.69 Å². The summed E-state index contributed by atoms with van der Waals surface area (Å²) < 4.78 is 0. The molecule has 0 spiro atoms. The molecule has 0 unspecified atom stereocenters. The fraction of sp³-hybridized carbons (Fsp3) is 0.565. The first-order chi connectivity index (χ1) is 14.1. The second kappa shape index (κ2) is 8.67. The Balaban J connectivity index is 1.42. The average molecular weight is 396 g/mol. The quantitative estimate of drug-likeness (QED) is 0.817. The molecule has 1 saturated heterocycles. The molecule has 1 amide bonds. The van der Waals surface area contributed by atoms with E-state index in [-0.39, 0.29) is 11.4 Å². The maximum atomic E-state index is 12.9. The molecule has 156 valence electrons. The number of hydrogen-bond acceptors (Lipinski definition) is 4. The van der Waals surface area contributed by atoms with E-state index in [1.165, 1.54) is 37.7 Å². The molecule has 0 atom stereocenters. The van der Waals surface area contributed by atoms with E-state index in [9.17, 15) is 4.79 Å². The maximum Gasteiger partial charge on any atom is 0.269 e. The molecule has 6 heteroatoms. The summed E-state index contributed by atoms with van der Waals surface area (Å²) in [5.74, 6) is -0.0602. The van der Waals surface area contributed by atoms with Crippen molar-refractivity contribution in [3.8, 4) is 11.3 Å². The highest BCUT2D eigenvalue weighted by Gasteiger charge is 2.39. The molecule has 2 N–H and O–H groups in total. The van der Waals surface area contributed by atoms with Crippen LogP contribution < -0.4 is 5.32 Å². The van der Waals surface area contributed by atoms with E-state index in [1.54, 1.807) is 0 Å². The molecule has 1 aliphatic carbocycles. The molecule has 2 aromatic rings. The number of rotatable bonds is 5. The normalized spacial score (nSPS) is 20.5. The number of benzene rings is 1. The average Bonchev–Trinajstić information content (AvgIpc) is 3.24. The molecule has 1 aliphatic heterocycles. The zero-order valence-corrected chi connectivity index (χ0v) is 17.7. The third-order valence-electron chi connectivity index (χ3n) is 6.71. The Hall–Kier alpha value is -2.18. The van der Waals surface area contributed by atoms with Crippen molar-refractivity contribution in [2.24, 2.45) is 0 Å². The number of aromatic amines is 1. The Morgan fingerprint density at radius 3 is 2.48 bits per heavy atom. The number of amides is 1. The van der Waals surface area contributed by atoms with Gasteiger partial charge in [-0.25, -0.2) is 0 Å². The Morgan fingerprint density at radius 2 is 1.79 bits per heavy atom. The van der Waals surface area contributed by atoms with Gasteiger partial charge in [0.05, 0.1) is 5.69 Å². The molecule has 0 radical (unpaired) electrons. The number of piperazine rings is 1. The van der Waals surface area contributed by atoms with Gasteiger partial charge < -0.3 is 10.2 Å². The minimum Gasteiger partial charge on any atom is -0.349 e. The number of nitrogens with one attached hydrogen (secondary N) is 2. The van der Waals surface area contributed by atoms with Gasteiger partial charge in [-0.2, -0.15) is 5.10 Å². The van der Waals surface area contributed by atoms with Crippen LogP contribution in [0.2, 0.25) is 0 Å². The van der Waals surface area contributed by atoms with Crippen LogP contribution in [0.1, 0.15) is 48.2 Å². The van der Waals surface area contributed by atoms with Gasteiger partial charge in [-0.05, 0) is 32.9 Å². The molecular formula is C23H33N5O. The van der Waals surface area contributed by atoms with Crippen molar-refractivity contribution in [1.29, 1.82) is 0 Å². The number of carbonyl (C=O) groups is 1. The third kappa shape index (κ3) is 4.54. The lowest BCUT2D eigenvalue weighted by atomic mass is 9.79. The molecule has 1 aromatic heterocycles. The van der Waals surface area contributed by atoms with Gasteiger partial charge in [-0.15, -0.1) is 0 Å². The summed E-state index contributed by atoms with van der Waals surface area (Å²) in [5, 5.41) is 10.5. The Kier molecular flexibility index (Phi) is 6.01. The largest absolute Gasteiger partial charge is 0.349 e. The van der Waals surface area contributed by atoms with Gasteiger partial charge in [0, 0.05) is 43.8 Å². The van der Waals surface area contributed by atoms with Crippen LogP contribution in [0.5, 0.6) is 0 Å². The van der Waals surface area contributed by atoms with Crippen LogP contribution in [0.15, 0.2) is 30.3 Å². The number of aryl methyl sites for hydroxylation is 1. The molecule has 0 bridgehead atoms. The fourth-order valence-electron chi connectivity index (χ4n) is 4.75. The third-order valence-corrected chi connectivity index (χ3v) is 6.71. The van der Waals surface area contributed by atoms with Crippen molar-refractivity contribution in [2.45, 2.75) is 44.6 Å². The molecule has 2 aliphatic rings. The first-order valence-electron chi connectivity index (χ1n) is 10.9. The van der Waals surface area contributed by atoms with Crippen molar-refractivity contribution in [3.05, 3.63) is 41.6 Å². The van der Waals surface area contributed by atoms with E-state index < -0.39 is 0 Å². The molecule has 6 nitrogen and oxygen atoms in total. The number of H-pyrrole nitrogens is 1. The highest BCUT2D eigenvalue weighted by atomic mass is 16.1. The van der Waals surface area contributed by atoms with Gasteiger partial charge >= 0.3 is 0 Å². The van der Waals surface area contributed by atoms with Gasteiger partial charge in [-0.1, -0.05) is 49.1 Å². The summed E-state index contributed by atoms with van der Waals surface area (Å²) >= 11 is 0. The van der Waals surface area contributed by atoms with E-state index >= 15 is 0 Å². The van der Waals surface area contributed by atoms with Crippen molar-refractivity contribution < 1.29 is 4.79 Å². The van der Waals surface area contributed by atoms with Gasteiger partial charge in [-0.3, -0.25) is 14.8 Å². The summed E-state index contributed by atoms with van der Waals surface area (Å²) in [7, 11) is 2.19. The van der Waals surface area contributed by atoms with Crippen molar-refractivity contribution in [3.63, 3.8) is 0 Å². The van der Waals surface area contributed by atoms with Crippen LogP contribution >= 0.6 is 0 Å². The lowest BCUT2D eigenvalue weighted by Crippen LogP contribution is -2.61. The molecule has 2 heterocycles. The number of carbonyl (C=O) groups excluding carboxylic acids is 1. The van der Waals surface area contributed by atoms with Gasteiger partial charge in [0.15, 0.2) is 0 Å². The number of likely N-dealkylation sites (N-methyl/N-ethyl adjacent to an activating group) is 1. The first-order valence-corrected chi connectivity index (χ1v) is 10.9. The molecule has 29 heavy (non-hydrogen) atoms. The minimum atomic E-state index is -0.0602. The van der Waals surface area contributed by atoms with E-state index in [2.05, 4.69) is 51.4 Å². The highest BCUT2D eigenvalue weighted by Crippen LogP contribution is 2.34. The van der Waals surface area contributed by atoms with Crippen LogP contribution in [0.4, 0.5) is 0 Å². The van der Waals surface area contributed by atoms with Crippen LogP contribution in [0, 0.1) is 6.92 Å². The lowest BCUT2D eigenvalue weighted by molar-refractivity contribution is 0.0138. The molecular weight excluding hydrogens is 362 g/mol. The minimum absolute atomic E-state index is 0.0602. The van der Waals surface area contributed by atoms with Crippen molar-refractivity contribution >= 4 is 5.91 Å². The zero-order chi connectivity index (χ0) is 20.3. The number of aromatic nitrogens is 2. The van der Waals surface area contributed by atoms with E-state index in [0.29, 0.717) is 12.2 Å². The number of nitrogens with zero attached hydrogens (tertiary/aromatic N) is 3. The van der Waals surface area contributed by atoms with Gasteiger partial charge in [0.25, 0.3) is 5.91 Å². The second-order valence-electron chi connectivity index (χ2n) is 8.79. The fourth-order valence-corrected chi connectivity index (χ4v) is 4.75. The van der Waals surface area contributed by atoms with Gasteiger partial charge in [0.2, 0.25) is 0 Å². The Morgan fingerprint density at radius 1 is 1.10 bits per heavy atom. The summed E-state index contributed by atoms with van der Waals surface area (Å²) in [4.78, 5) is 17.9. The van der Waals surface area contributed by atoms with Crippen LogP contribution in [0.3, 0.4) is 0 Å². The van der Waals surface area contributed by atoms with E-state index in [1.807, 2.05) is 18.2 Å². The number of hydrogen-bond donors (Lipinski definition) is 2. The summed E-state index contributed by atoms with van der Waals surface area (Å²) in [5.41, 5.74) is 3.68. The second-order valence-corrected chi connectivity index (χ2v) is 8.79. The topological polar surface area (TPSA) is 64.3 Å². The molecule has 2 fully saturated rings. The van der Waals surface area contributed by atoms with Crippen LogP contribution in [-0.2, 0) is 0 Å². The molecule has 1 saturated carbocycles. The van der Waals surface area contributed by atoms with Crippen molar-refractivity contribution in [1.82, 2.24) is 25.3 Å². The van der Waals surface area contributed by atoms with Crippen LogP contribution in [0.25, 0.3) is 11.3 Å². The Bertz CT molecular complexity index is 814. The molecule has 1 aromatic carbocycles. The lowest BCUT2D eigenvalue weighted by Gasteiger charge is -2.49. The van der Waals surface area contributed by atoms with E-state index in [0.717, 1.165) is 37.4 Å². The standard InChI is InChI=1S/C23H33N5O/c1-18-6-8-19(9-7-18)20-16-21(26-25-20)22(29)24-17-23(10-4-3-5-11-23)28-14-12-27(2)13-15-28/h6-9,16H,3-5,10-15,17H2,1-2H3,(H,24,29)(H,25,26). The highest BCUT2D eigenvalue weighted by molar-refractivity contribution is 5.93. The Labute approximate surface area is 173 Å². The summed E-state index contributed by atoms with van der Waals surface area (Å²) in [6, 6.07) is 10.1. The molecule has 4 rings (SSSR count). The van der Waals surface area contributed by atoms with E-state index in [4.69, 9.17) is 0 Å². The SMILES string of the molecule is Cc1ccc(-c2cc(C(=O)NCC3(N4CCN(C)CC4)CCCCC3)[nH]n2)cc1.